The molecule has 1 atom stereocenters. The predicted molar refractivity (Wildman–Crippen MR) is 107 cm³/mol. The van der Waals surface area contributed by atoms with E-state index in [1.165, 1.54) is 4.68 Å². The molecule has 0 aliphatic carbocycles. The zero-order valence-corrected chi connectivity index (χ0v) is 17.8. The molecule has 0 radical (unpaired) electrons. The lowest BCUT2D eigenvalue weighted by atomic mass is 9.96. The van der Waals surface area contributed by atoms with E-state index in [-0.39, 0.29) is 17.5 Å². The van der Waals surface area contributed by atoms with Crippen LogP contribution in [0.1, 0.15) is 42.1 Å². The fourth-order valence-electron chi connectivity index (χ4n) is 3.88. The first kappa shape index (κ1) is 21.3. The average Bonchev–Trinajstić information content (AvgIpc) is 3.09. The number of aromatic nitrogens is 4. The largest absolute Gasteiger partial charge is 0.383 e. The highest BCUT2D eigenvalue weighted by Crippen LogP contribution is 2.22. The van der Waals surface area contributed by atoms with Gasteiger partial charge in [0.25, 0.3) is 0 Å². The van der Waals surface area contributed by atoms with Crippen LogP contribution in [0.25, 0.3) is 0 Å². The Labute approximate surface area is 170 Å². The third-order valence-corrected chi connectivity index (χ3v) is 5.81. The number of hydrogen-bond donors (Lipinski definition) is 0. The number of likely N-dealkylation sites (N-methyl/N-ethyl adjacent to an activating group) is 1. The minimum atomic E-state index is -0.0828. The molecule has 0 bridgehead atoms. The van der Waals surface area contributed by atoms with Crippen LogP contribution in [-0.4, -0.2) is 57.6 Å². The number of rotatable bonds is 8. The van der Waals surface area contributed by atoms with Crippen molar-refractivity contribution in [2.75, 3.05) is 27.3 Å². The number of ether oxygens (including phenoxy) is 1. The molecule has 0 spiro atoms. The Morgan fingerprint density at radius 3 is 2.83 bits per heavy atom. The van der Waals surface area contributed by atoms with Crippen molar-refractivity contribution >= 4 is 5.91 Å². The molecular weight excluding hydrogens is 374 g/mol. The summed E-state index contributed by atoms with van der Waals surface area (Å²) in [6, 6.07) is 0. The van der Waals surface area contributed by atoms with Gasteiger partial charge in [0.05, 0.1) is 18.8 Å². The minimum Gasteiger partial charge on any atom is -0.383 e. The van der Waals surface area contributed by atoms with E-state index in [1.54, 1.807) is 16.6 Å². The number of amides is 1. The van der Waals surface area contributed by atoms with Crippen molar-refractivity contribution in [1.29, 1.82) is 0 Å². The van der Waals surface area contributed by atoms with Crippen LogP contribution in [0.4, 0.5) is 0 Å². The van der Waals surface area contributed by atoms with Crippen LogP contribution in [0, 0.1) is 19.8 Å². The van der Waals surface area contributed by atoms with Gasteiger partial charge in [0, 0.05) is 45.7 Å². The van der Waals surface area contributed by atoms with Crippen LogP contribution < -0.4 is 5.69 Å². The summed E-state index contributed by atoms with van der Waals surface area (Å²) in [5, 5.41) is 8.41. The Hall–Kier alpha value is -2.42. The maximum Gasteiger partial charge on any atom is 0.345 e. The quantitative estimate of drug-likeness (QED) is 0.658. The molecule has 1 aliphatic rings. The van der Waals surface area contributed by atoms with Gasteiger partial charge >= 0.3 is 5.69 Å². The van der Waals surface area contributed by atoms with E-state index in [0.29, 0.717) is 32.7 Å². The topological polar surface area (TPSA) is 95.4 Å². The van der Waals surface area contributed by atoms with Gasteiger partial charge in [-0.15, -0.1) is 0 Å². The number of nitrogens with zero attached hydrogens (tertiary/aromatic N) is 5. The molecule has 2 aromatic heterocycles. The summed E-state index contributed by atoms with van der Waals surface area (Å²) in [6.45, 7) is 6.00. The van der Waals surface area contributed by atoms with E-state index in [0.717, 1.165) is 48.5 Å². The van der Waals surface area contributed by atoms with Crippen LogP contribution >= 0.6 is 0 Å². The predicted octanol–water partition coefficient (Wildman–Crippen LogP) is 1.34. The normalized spacial score (nSPS) is 16.5. The summed E-state index contributed by atoms with van der Waals surface area (Å²) in [5.41, 5.74) is 1.88. The summed E-state index contributed by atoms with van der Waals surface area (Å²) in [4.78, 5) is 27.0. The van der Waals surface area contributed by atoms with Gasteiger partial charge < -0.3 is 14.2 Å². The molecule has 0 saturated carbocycles. The summed E-state index contributed by atoms with van der Waals surface area (Å²) >= 11 is 0. The lowest BCUT2D eigenvalue weighted by Crippen LogP contribution is -2.31. The van der Waals surface area contributed by atoms with E-state index < -0.39 is 0 Å². The number of hydrogen-bond acceptors (Lipinski definition) is 6. The van der Waals surface area contributed by atoms with Crippen molar-refractivity contribution in [1.82, 2.24) is 24.4 Å². The first-order valence-corrected chi connectivity index (χ1v) is 10.2. The smallest absolute Gasteiger partial charge is 0.345 e. The van der Waals surface area contributed by atoms with Gasteiger partial charge in [-0.3, -0.25) is 9.36 Å². The monoisotopic (exact) mass is 405 g/mol. The number of carbonyl (C=O) groups excluding carboxylic acids is 1. The summed E-state index contributed by atoms with van der Waals surface area (Å²) < 4.78 is 13.5. The van der Waals surface area contributed by atoms with Gasteiger partial charge in [0.1, 0.15) is 11.6 Å². The lowest BCUT2D eigenvalue weighted by molar-refractivity contribution is -0.131. The Morgan fingerprint density at radius 1 is 1.34 bits per heavy atom. The SMILES string of the molecule is COCCn1nc2n(c1=O)CCC(CC(=O)N(C)CCc1c(C)noc1C)CC2. The summed E-state index contributed by atoms with van der Waals surface area (Å²) in [5.74, 6) is 2.03. The summed E-state index contributed by atoms with van der Waals surface area (Å²) in [6.07, 6.45) is 3.64. The third-order valence-electron chi connectivity index (χ3n) is 5.81. The van der Waals surface area contributed by atoms with Crippen molar-refractivity contribution in [3.8, 4) is 0 Å². The molecule has 3 rings (SSSR count). The van der Waals surface area contributed by atoms with Crippen molar-refractivity contribution in [2.24, 2.45) is 5.92 Å². The molecule has 2 aromatic rings. The second kappa shape index (κ2) is 9.39. The second-order valence-corrected chi connectivity index (χ2v) is 7.83. The highest BCUT2D eigenvalue weighted by molar-refractivity contribution is 5.76. The molecule has 1 amide bonds. The zero-order valence-electron chi connectivity index (χ0n) is 17.8. The van der Waals surface area contributed by atoms with E-state index in [9.17, 15) is 9.59 Å². The average molecular weight is 405 g/mol. The van der Waals surface area contributed by atoms with Gasteiger partial charge in [-0.05, 0) is 39.0 Å². The molecule has 1 unspecified atom stereocenters. The Balaban J connectivity index is 1.52. The molecule has 29 heavy (non-hydrogen) atoms. The van der Waals surface area contributed by atoms with E-state index >= 15 is 0 Å². The molecule has 9 nitrogen and oxygen atoms in total. The number of carbonyl (C=O) groups is 1. The third kappa shape index (κ3) is 4.95. The van der Waals surface area contributed by atoms with Crippen LogP contribution in [0.5, 0.6) is 0 Å². The van der Waals surface area contributed by atoms with Crippen LogP contribution in [-0.2, 0) is 35.5 Å². The van der Waals surface area contributed by atoms with Crippen LogP contribution in [0.15, 0.2) is 9.32 Å². The van der Waals surface area contributed by atoms with E-state index in [1.807, 2.05) is 20.9 Å². The molecule has 3 heterocycles. The number of aryl methyl sites for hydroxylation is 3. The fraction of sp³-hybridized carbons (Fsp3) is 0.700. The number of fused-ring (bicyclic) bond motifs is 1. The Bertz CT molecular complexity index is 878. The van der Waals surface area contributed by atoms with Crippen molar-refractivity contribution in [2.45, 2.75) is 59.0 Å². The second-order valence-electron chi connectivity index (χ2n) is 7.83. The van der Waals surface area contributed by atoms with Gasteiger partial charge in [-0.25, -0.2) is 9.48 Å². The standard InChI is InChI=1S/C20H31N5O4/c1-14-17(15(2)29-22-14)8-9-23(3)19(26)13-16-5-6-18-21-25(11-12-28-4)20(27)24(18)10-7-16/h16H,5-13H2,1-4H3. The van der Waals surface area contributed by atoms with Crippen molar-refractivity contribution < 1.29 is 14.1 Å². The lowest BCUT2D eigenvalue weighted by Gasteiger charge is -2.20. The molecule has 1 aliphatic heterocycles. The zero-order chi connectivity index (χ0) is 21.0. The van der Waals surface area contributed by atoms with Crippen molar-refractivity contribution in [3.05, 3.63) is 33.3 Å². The minimum absolute atomic E-state index is 0.0828. The first-order valence-electron chi connectivity index (χ1n) is 10.2. The van der Waals surface area contributed by atoms with Gasteiger partial charge in [0.2, 0.25) is 5.91 Å². The molecule has 0 N–H and O–H groups in total. The maximum absolute atomic E-state index is 12.7. The van der Waals surface area contributed by atoms with Gasteiger partial charge in [-0.2, -0.15) is 5.10 Å². The molecule has 9 heteroatoms. The first-order chi connectivity index (χ1) is 13.9. The highest BCUT2D eigenvalue weighted by Gasteiger charge is 2.24. The molecule has 160 valence electrons. The van der Waals surface area contributed by atoms with E-state index in [2.05, 4.69) is 10.3 Å². The van der Waals surface area contributed by atoms with Gasteiger partial charge in [0.15, 0.2) is 0 Å². The molecule has 0 aromatic carbocycles. The molecule has 0 fully saturated rings. The Morgan fingerprint density at radius 2 is 2.14 bits per heavy atom. The maximum atomic E-state index is 12.7. The summed E-state index contributed by atoms with van der Waals surface area (Å²) in [7, 11) is 3.45. The highest BCUT2D eigenvalue weighted by atomic mass is 16.5. The Kier molecular flexibility index (Phi) is 6.89. The van der Waals surface area contributed by atoms with Crippen molar-refractivity contribution in [3.63, 3.8) is 0 Å². The van der Waals surface area contributed by atoms with E-state index in [4.69, 9.17) is 9.26 Å². The molecule has 0 saturated heterocycles. The number of methoxy groups -OCH3 is 1. The fourth-order valence-corrected chi connectivity index (χ4v) is 3.88. The van der Waals surface area contributed by atoms with Crippen LogP contribution in [0.3, 0.4) is 0 Å². The van der Waals surface area contributed by atoms with Gasteiger partial charge in [-0.1, -0.05) is 5.16 Å². The molecular formula is C20H31N5O4. The van der Waals surface area contributed by atoms with Crippen LogP contribution in [0.2, 0.25) is 0 Å².